The van der Waals surface area contributed by atoms with Crippen LogP contribution in [0.15, 0.2) is 97.1 Å². The molecule has 12 heteroatoms. The molecule has 2 atom stereocenters. The van der Waals surface area contributed by atoms with Gasteiger partial charge in [0.15, 0.2) is 0 Å². The third kappa shape index (κ3) is 15.8. The summed E-state index contributed by atoms with van der Waals surface area (Å²) in [5.41, 5.74) is 0.697. The Morgan fingerprint density at radius 1 is 0.569 bits per heavy atom. The summed E-state index contributed by atoms with van der Waals surface area (Å²) >= 11 is 0. The van der Waals surface area contributed by atoms with Gasteiger partial charge in [0.05, 0.1) is 6.42 Å². The zero-order valence-electron chi connectivity index (χ0n) is 34.7. The van der Waals surface area contributed by atoms with Crippen LogP contribution >= 0.6 is 0 Å². The number of carbonyl (C=O) groups excluding carboxylic acids is 4. The third-order valence-corrected chi connectivity index (χ3v) is 8.18. The lowest BCUT2D eigenvalue weighted by atomic mass is 10.1. The van der Waals surface area contributed by atoms with Crippen molar-refractivity contribution in [3.8, 4) is 23.0 Å². The Hall–Kier alpha value is -6.04. The van der Waals surface area contributed by atoms with Crippen molar-refractivity contribution in [1.82, 2.24) is 10.6 Å². The van der Waals surface area contributed by atoms with Crippen LogP contribution in [0.1, 0.15) is 100 Å². The van der Waals surface area contributed by atoms with Gasteiger partial charge in [-0.25, -0.2) is 4.79 Å². The lowest BCUT2D eigenvalue weighted by molar-refractivity contribution is -0.164. The molecule has 0 aliphatic carbocycles. The van der Waals surface area contributed by atoms with Crippen molar-refractivity contribution in [3.63, 3.8) is 0 Å². The summed E-state index contributed by atoms with van der Waals surface area (Å²) < 4.78 is 35.2. The lowest BCUT2D eigenvalue weighted by Gasteiger charge is -2.26. The van der Waals surface area contributed by atoms with Gasteiger partial charge in [0.2, 0.25) is 0 Å². The Bertz CT molecular complexity index is 1970. The van der Waals surface area contributed by atoms with Crippen LogP contribution in [0.5, 0.6) is 23.0 Å². The van der Waals surface area contributed by atoms with E-state index in [-0.39, 0.29) is 43.1 Å². The van der Waals surface area contributed by atoms with Crippen LogP contribution in [0.25, 0.3) is 0 Å². The van der Waals surface area contributed by atoms with Gasteiger partial charge in [-0.1, -0.05) is 67.6 Å². The highest BCUT2D eigenvalue weighted by molar-refractivity contribution is 5.98. The number of hydrogen-bond donors (Lipinski definition) is 2. The second-order valence-electron chi connectivity index (χ2n) is 15.8. The molecule has 0 fully saturated rings. The van der Waals surface area contributed by atoms with Crippen molar-refractivity contribution in [2.75, 3.05) is 13.2 Å². The highest BCUT2D eigenvalue weighted by Gasteiger charge is 2.31. The first kappa shape index (κ1) is 44.7. The molecule has 0 spiro atoms. The second kappa shape index (κ2) is 20.9. The molecular formula is C46H56N2O10. The summed E-state index contributed by atoms with van der Waals surface area (Å²) in [5.74, 6) is -0.896. The average molecular weight is 797 g/mol. The number of esters is 2. The molecule has 4 aromatic carbocycles. The third-order valence-electron chi connectivity index (χ3n) is 8.18. The van der Waals surface area contributed by atoms with E-state index in [9.17, 15) is 19.2 Å². The predicted molar refractivity (Wildman–Crippen MR) is 220 cm³/mol. The maximum Gasteiger partial charge on any atom is 0.329 e. The molecule has 310 valence electrons. The van der Waals surface area contributed by atoms with Crippen molar-refractivity contribution in [1.29, 1.82) is 0 Å². The molecule has 4 aromatic rings. The van der Waals surface area contributed by atoms with Crippen molar-refractivity contribution in [2.24, 2.45) is 0 Å². The minimum atomic E-state index is -1.34. The minimum Gasteiger partial charge on any atom is -0.490 e. The first-order chi connectivity index (χ1) is 27.5. The SMILES string of the molecule is CC[C@@H](C)NC(=O)c1cc(OCCOc2cc(OCc3ccccc3)cc(C(=O)N[C@H](CC(=O)OC(C)(C)C)C(=O)OC(C)(C)C)c2)cc(OCc2ccccc2)c1. The van der Waals surface area contributed by atoms with Crippen molar-refractivity contribution < 1.29 is 47.6 Å². The van der Waals surface area contributed by atoms with Crippen molar-refractivity contribution in [3.05, 3.63) is 119 Å². The summed E-state index contributed by atoms with van der Waals surface area (Å²) in [6, 6.07) is 27.5. The van der Waals surface area contributed by atoms with Crippen molar-refractivity contribution >= 4 is 23.8 Å². The lowest BCUT2D eigenvalue weighted by Crippen LogP contribution is -2.46. The molecule has 0 heterocycles. The topological polar surface area (TPSA) is 148 Å². The highest BCUT2D eigenvalue weighted by Crippen LogP contribution is 2.27. The minimum absolute atomic E-state index is 0.0215. The highest BCUT2D eigenvalue weighted by atomic mass is 16.6. The molecule has 12 nitrogen and oxygen atoms in total. The van der Waals surface area contributed by atoms with E-state index in [4.69, 9.17) is 28.4 Å². The molecule has 0 saturated carbocycles. The van der Waals surface area contributed by atoms with Gasteiger partial charge in [-0.3, -0.25) is 14.4 Å². The molecule has 0 unspecified atom stereocenters. The van der Waals surface area contributed by atoms with Crippen LogP contribution in [-0.4, -0.2) is 60.3 Å². The first-order valence-electron chi connectivity index (χ1n) is 19.4. The molecule has 0 aliphatic heterocycles. The van der Waals surface area contributed by atoms with E-state index in [1.165, 1.54) is 12.1 Å². The molecule has 0 saturated heterocycles. The molecule has 58 heavy (non-hydrogen) atoms. The molecule has 0 aromatic heterocycles. The van der Waals surface area contributed by atoms with Crippen LogP contribution in [0.3, 0.4) is 0 Å². The average Bonchev–Trinajstić information content (AvgIpc) is 3.17. The van der Waals surface area contributed by atoms with Crippen LogP contribution < -0.4 is 29.6 Å². The summed E-state index contributed by atoms with van der Waals surface area (Å²) in [5, 5.41) is 5.63. The molecule has 4 rings (SSSR count). The zero-order chi connectivity index (χ0) is 42.3. The monoisotopic (exact) mass is 796 g/mol. The number of rotatable bonds is 19. The van der Waals surface area contributed by atoms with Gasteiger partial charge in [0.1, 0.15) is 66.7 Å². The van der Waals surface area contributed by atoms with Gasteiger partial charge >= 0.3 is 11.9 Å². The number of carbonyl (C=O) groups is 4. The Morgan fingerprint density at radius 3 is 1.40 bits per heavy atom. The van der Waals surface area contributed by atoms with E-state index < -0.39 is 41.5 Å². The number of ether oxygens (including phenoxy) is 6. The zero-order valence-corrected chi connectivity index (χ0v) is 34.7. The number of nitrogens with one attached hydrogen (secondary N) is 2. The molecule has 0 bridgehead atoms. The Balaban J connectivity index is 1.52. The molecule has 2 N–H and O–H groups in total. The summed E-state index contributed by atoms with van der Waals surface area (Å²) in [4.78, 5) is 52.9. The van der Waals surface area contributed by atoms with Crippen LogP contribution in [0, 0.1) is 0 Å². The fourth-order valence-electron chi connectivity index (χ4n) is 5.31. The van der Waals surface area contributed by atoms with Gasteiger partial charge in [0, 0.05) is 29.3 Å². The maximum absolute atomic E-state index is 13.8. The van der Waals surface area contributed by atoms with Gasteiger partial charge in [-0.2, -0.15) is 0 Å². The van der Waals surface area contributed by atoms with Gasteiger partial charge in [0.25, 0.3) is 11.8 Å². The van der Waals surface area contributed by atoms with E-state index in [1.54, 1.807) is 65.8 Å². The smallest absolute Gasteiger partial charge is 0.329 e. The van der Waals surface area contributed by atoms with E-state index in [2.05, 4.69) is 10.6 Å². The summed E-state index contributed by atoms with van der Waals surface area (Å²) in [6.07, 6.45) is 0.331. The number of benzene rings is 4. The normalized spacial score (nSPS) is 12.3. The standard InChI is InChI=1S/C46H56N2O10/c1-9-31(2)47-42(50)34-22-36(26-38(24-34)55-29-32-16-12-10-13-17-32)53-20-21-54-37-23-35(25-39(27-37)56-30-33-18-14-11-15-19-33)43(51)48-40(44(52)58-46(6,7)8)28-41(49)57-45(3,4)5/h10-19,22-27,31,40H,9,20-21,28-30H2,1-8H3,(H,47,50)(H,48,51)/t31-,40-/m1/s1. The van der Waals surface area contributed by atoms with Crippen LogP contribution in [-0.2, 0) is 32.3 Å². The maximum atomic E-state index is 13.8. The largest absolute Gasteiger partial charge is 0.490 e. The summed E-state index contributed by atoms with van der Waals surface area (Å²) in [7, 11) is 0. The Kier molecular flexibility index (Phi) is 16.1. The first-order valence-corrected chi connectivity index (χ1v) is 19.4. The van der Waals surface area contributed by atoms with Gasteiger partial charge < -0.3 is 39.1 Å². The number of hydrogen-bond acceptors (Lipinski definition) is 10. The van der Waals surface area contributed by atoms with Gasteiger partial charge in [-0.15, -0.1) is 0 Å². The fourth-order valence-corrected chi connectivity index (χ4v) is 5.31. The predicted octanol–water partition coefficient (Wildman–Crippen LogP) is 8.00. The Morgan fingerprint density at radius 2 is 0.983 bits per heavy atom. The van der Waals surface area contributed by atoms with Crippen LogP contribution in [0.2, 0.25) is 0 Å². The summed E-state index contributed by atoms with van der Waals surface area (Å²) in [6.45, 7) is 14.8. The molecule has 0 aliphatic rings. The molecule has 2 amide bonds. The molecular weight excluding hydrogens is 741 g/mol. The van der Waals surface area contributed by atoms with Crippen molar-refractivity contribution in [2.45, 2.75) is 105 Å². The van der Waals surface area contributed by atoms with Crippen LogP contribution in [0.4, 0.5) is 0 Å². The van der Waals surface area contributed by atoms with E-state index in [0.29, 0.717) is 29.4 Å². The fraction of sp³-hybridized carbons (Fsp3) is 0.391. The van der Waals surface area contributed by atoms with E-state index in [1.807, 2.05) is 74.5 Å². The van der Waals surface area contributed by atoms with E-state index >= 15 is 0 Å². The Labute approximate surface area is 341 Å². The van der Waals surface area contributed by atoms with E-state index in [0.717, 1.165) is 17.5 Å². The number of amides is 2. The second-order valence-corrected chi connectivity index (χ2v) is 15.8. The quantitative estimate of drug-likeness (QED) is 0.0707. The van der Waals surface area contributed by atoms with Gasteiger partial charge in [-0.05, 0) is 90.3 Å². The molecule has 0 radical (unpaired) electrons.